The lowest BCUT2D eigenvalue weighted by molar-refractivity contribution is -0.211. The van der Waals surface area contributed by atoms with Crippen LogP contribution in [0.25, 0.3) is 0 Å². The topological polar surface area (TPSA) is 196 Å². The highest BCUT2D eigenvalue weighted by Crippen LogP contribution is 2.55. The second-order valence-corrected chi connectivity index (χ2v) is 9.48. The van der Waals surface area contributed by atoms with Crippen molar-refractivity contribution in [3.8, 4) is 5.75 Å². The summed E-state index contributed by atoms with van der Waals surface area (Å²) >= 11 is 0. The summed E-state index contributed by atoms with van der Waals surface area (Å²) in [4.78, 5) is 67.0. The maximum atomic E-state index is 13.7. The predicted molar refractivity (Wildman–Crippen MR) is 113 cm³/mol. The van der Waals surface area contributed by atoms with Gasteiger partial charge in [0.05, 0.1) is 35.1 Å². The van der Waals surface area contributed by atoms with Crippen LogP contribution < -0.4 is 5.73 Å². The summed E-state index contributed by atoms with van der Waals surface area (Å²) in [6.07, 6.45) is -1.90. The van der Waals surface area contributed by atoms with E-state index in [0.29, 0.717) is 0 Å². The number of carbonyl (C=O) groups is 5. The first kappa shape index (κ1) is 24.1. The van der Waals surface area contributed by atoms with E-state index in [1.807, 2.05) is 0 Å². The Morgan fingerprint density at radius 3 is 2.29 bits per heavy atom. The van der Waals surface area contributed by atoms with Gasteiger partial charge in [0.15, 0.2) is 34.7 Å². The molecule has 0 heterocycles. The number of fused-ring (bicyclic) bond motifs is 3. The van der Waals surface area contributed by atoms with Gasteiger partial charge in [0.25, 0.3) is 0 Å². The molecule has 182 valence electrons. The van der Waals surface area contributed by atoms with Crippen molar-refractivity contribution in [1.82, 2.24) is 4.90 Å². The number of benzene rings is 1. The SMILES string of the molecule is CCN(C)C1C(=O)C(C(N)=O)C(=O)C2(O)C(=O)C3C(=O)c4c(O)cccc4C(C)(O)C3C(O)C12. The van der Waals surface area contributed by atoms with Crippen molar-refractivity contribution in [2.24, 2.45) is 29.4 Å². The summed E-state index contributed by atoms with van der Waals surface area (Å²) in [6, 6.07) is 2.43. The number of phenolic OH excluding ortho intramolecular Hbond substituents is 1. The number of rotatable bonds is 3. The molecular weight excluding hydrogens is 448 g/mol. The van der Waals surface area contributed by atoms with Crippen molar-refractivity contribution in [2.45, 2.75) is 37.2 Å². The first-order valence-corrected chi connectivity index (χ1v) is 10.9. The van der Waals surface area contributed by atoms with Gasteiger partial charge in [-0.2, -0.15) is 0 Å². The monoisotopic (exact) mass is 474 g/mol. The Hall–Kier alpha value is -2.99. The molecule has 8 atom stereocenters. The molecule has 1 aromatic carbocycles. The Balaban J connectivity index is 2.00. The molecule has 0 bridgehead atoms. The Morgan fingerprint density at radius 2 is 1.74 bits per heavy atom. The molecule has 1 amide bonds. The van der Waals surface area contributed by atoms with Crippen LogP contribution in [0.2, 0.25) is 0 Å². The fraction of sp³-hybridized carbons (Fsp3) is 0.522. The molecule has 8 unspecified atom stereocenters. The highest BCUT2D eigenvalue weighted by atomic mass is 16.3. The molecular formula is C23H26N2O9. The number of hydrogen-bond acceptors (Lipinski definition) is 10. The normalized spacial score (nSPS) is 39.5. The van der Waals surface area contributed by atoms with Gasteiger partial charge in [-0.15, -0.1) is 0 Å². The van der Waals surface area contributed by atoms with Crippen LogP contribution in [-0.4, -0.2) is 85.7 Å². The highest BCUT2D eigenvalue weighted by molar-refractivity contribution is 6.32. The van der Waals surface area contributed by atoms with E-state index >= 15 is 0 Å². The van der Waals surface area contributed by atoms with Crippen molar-refractivity contribution in [3.05, 3.63) is 29.3 Å². The van der Waals surface area contributed by atoms with Gasteiger partial charge in [0.2, 0.25) is 5.91 Å². The number of likely N-dealkylation sites (N-methyl/N-ethyl adjacent to an activating group) is 1. The number of aliphatic hydroxyl groups excluding tert-OH is 1. The number of hydrogen-bond donors (Lipinski definition) is 5. The van der Waals surface area contributed by atoms with E-state index in [-0.39, 0.29) is 17.7 Å². The molecule has 2 fully saturated rings. The maximum absolute atomic E-state index is 13.7. The number of amides is 1. The van der Waals surface area contributed by atoms with E-state index in [0.717, 1.165) is 0 Å². The molecule has 2 saturated carbocycles. The molecule has 34 heavy (non-hydrogen) atoms. The molecule has 11 heteroatoms. The van der Waals surface area contributed by atoms with Crippen molar-refractivity contribution < 1.29 is 44.4 Å². The van der Waals surface area contributed by atoms with Crippen LogP contribution in [-0.2, 0) is 24.8 Å². The minimum atomic E-state index is -3.10. The van der Waals surface area contributed by atoms with Crippen LogP contribution >= 0.6 is 0 Å². The Bertz CT molecular complexity index is 1150. The van der Waals surface area contributed by atoms with Crippen molar-refractivity contribution in [2.75, 3.05) is 13.6 Å². The third-order valence-electron chi connectivity index (χ3n) is 7.81. The molecule has 0 radical (unpaired) electrons. The van der Waals surface area contributed by atoms with E-state index < -0.39 is 81.8 Å². The number of aliphatic hydroxyl groups is 3. The zero-order chi connectivity index (χ0) is 25.5. The summed E-state index contributed by atoms with van der Waals surface area (Å²) in [5.74, 6) is -14.2. The third kappa shape index (κ3) is 2.75. The summed E-state index contributed by atoms with van der Waals surface area (Å²) < 4.78 is 0. The first-order chi connectivity index (χ1) is 15.7. The number of nitrogens with two attached hydrogens (primary N) is 1. The Kier molecular flexibility index (Phi) is 5.33. The summed E-state index contributed by atoms with van der Waals surface area (Å²) in [5, 5.41) is 44.8. The van der Waals surface area contributed by atoms with Crippen LogP contribution in [0.3, 0.4) is 0 Å². The number of Topliss-reactive ketones (excluding diaryl/α,β-unsaturated/α-hetero) is 4. The fourth-order valence-corrected chi connectivity index (χ4v) is 6.08. The van der Waals surface area contributed by atoms with Gasteiger partial charge >= 0.3 is 0 Å². The first-order valence-electron chi connectivity index (χ1n) is 10.9. The minimum absolute atomic E-state index is 0.0417. The number of aromatic hydroxyl groups is 1. The van der Waals surface area contributed by atoms with Gasteiger partial charge in [-0.1, -0.05) is 19.1 Å². The van der Waals surface area contributed by atoms with Gasteiger partial charge < -0.3 is 26.2 Å². The van der Waals surface area contributed by atoms with E-state index in [4.69, 9.17) is 5.73 Å². The third-order valence-corrected chi connectivity index (χ3v) is 7.81. The highest BCUT2D eigenvalue weighted by Gasteiger charge is 2.74. The summed E-state index contributed by atoms with van der Waals surface area (Å²) in [6.45, 7) is 3.05. The zero-order valence-corrected chi connectivity index (χ0v) is 18.8. The van der Waals surface area contributed by atoms with Crippen molar-refractivity contribution in [3.63, 3.8) is 0 Å². The second kappa shape index (κ2) is 7.51. The van der Waals surface area contributed by atoms with Crippen LogP contribution in [0.15, 0.2) is 18.2 Å². The molecule has 3 aliphatic rings. The lowest BCUT2D eigenvalue weighted by Crippen LogP contribution is -2.79. The molecule has 0 aliphatic heterocycles. The number of nitrogens with zero attached hydrogens (tertiary/aromatic N) is 1. The number of phenols is 1. The zero-order valence-electron chi connectivity index (χ0n) is 18.8. The van der Waals surface area contributed by atoms with Gasteiger partial charge in [0, 0.05) is 5.92 Å². The summed E-state index contributed by atoms with van der Waals surface area (Å²) in [7, 11) is 1.44. The molecule has 3 aliphatic carbocycles. The Morgan fingerprint density at radius 1 is 1.12 bits per heavy atom. The molecule has 0 spiro atoms. The van der Waals surface area contributed by atoms with E-state index in [1.165, 1.54) is 37.1 Å². The average molecular weight is 474 g/mol. The van der Waals surface area contributed by atoms with Crippen LogP contribution in [0.1, 0.15) is 29.8 Å². The lowest BCUT2D eigenvalue weighted by atomic mass is 9.48. The Labute approximate surface area is 194 Å². The van der Waals surface area contributed by atoms with Crippen LogP contribution in [0, 0.1) is 23.7 Å². The molecule has 6 N–H and O–H groups in total. The number of primary amides is 1. The average Bonchev–Trinajstić information content (AvgIpc) is 2.75. The van der Waals surface area contributed by atoms with E-state index in [2.05, 4.69) is 0 Å². The van der Waals surface area contributed by atoms with Crippen molar-refractivity contribution >= 4 is 29.0 Å². The maximum Gasteiger partial charge on any atom is 0.235 e. The van der Waals surface area contributed by atoms with Crippen LogP contribution in [0.5, 0.6) is 5.75 Å². The van der Waals surface area contributed by atoms with E-state index in [9.17, 15) is 44.4 Å². The molecule has 0 saturated heterocycles. The minimum Gasteiger partial charge on any atom is -0.507 e. The second-order valence-electron chi connectivity index (χ2n) is 9.48. The summed E-state index contributed by atoms with van der Waals surface area (Å²) in [5.41, 5.74) is -0.305. The quantitative estimate of drug-likeness (QED) is 0.303. The van der Waals surface area contributed by atoms with E-state index in [1.54, 1.807) is 6.92 Å². The number of ketones is 4. The largest absolute Gasteiger partial charge is 0.507 e. The standard InChI is InChI=1S/C23H26N2O9/c1-4-25(3)15-14-18(29)13-11(16(27)10-8(22(13,2)33)6-5-7-9(10)26)19(30)23(14,34)20(31)12(17(15)28)21(24)32/h5-7,11-15,18,26,29,33-34H,4H2,1-3H3,(H2,24,32). The van der Waals surface area contributed by atoms with Gasteiger partial charge in [-0.05, 0) is 32.1 Å². The van der Waals surface area contributed by atoms with Crippen molar-refractivity contribution in [1.29, 1.82) is 0 Å². The fourth-order valence-electron chi connectivity index (χ4n) is 6.08. The van der Waals surface area contributed by atoms with Crippen LogP contribution in [0.4, 0.5) is 0 Å². The van der Waals surface area contributed by atoms with Gasteiger partial charge in [0.1, 0.15) is 5.75 Å². The lowest BCUT2D eigenvalue weighted by Gasteiger charge is -2.57. The number of carbonyl (C=O) groups excluding carboxylic acids is 5. The molecule has 1 aromatic rings. The predicted octanol–water partition coefficient (Wildman–Crippen LogP) is -2.11. The van der Waals surface area contributed by atoms with Gasteiger partial charge in [-0.25, -0.2) is 0 Å². The van der Waals surface area contributed by atoms with Gasteiger partial charge in [-0.3, -0.25) is 28.9 Å². The molecule has 11 nitrogen and oxygen atoms in total. The molecule has 4 rings (SSSR count). The smallest absolute Gasteiger partial charge is 0.235 e. The molecule has 0 aromatic heterocycles.